The zero-order chi connectivity index (χ0) is 18.0. The number of hydrogen-bond donors (Lipinski definition) is 1. The lowest BCUT2D eigenvalue weighted by Gasteiger charge is -2.12. The van der Waals surface area contributed by atoms with Crippen LogP contribution < -0.4 is 4.74 Å². The summed E-state index contributed by atoms with van der Waals surface area (Å²) in [6.07, 6.45) is 1.53. The molecule has 3 rings (SSSR count). The first-order valence-corrected chi connectivity index (χ1v) is 8.62. The molecule has 1 saturated heterocycles. The Labute approximate surface area is 153 Å². The number of rotatable bonds is 5. The molecule has 8 heteroatoms. The molecule has 1 aromatic heterocycles. The lowest BCUT2D eigenvalue weighted by molar-refractivity contribution is -0.137. The molecule has 2 aromatic rings. The van der Waals surface area contributed by atoms with Crippen molar-refractivity contribution in [3.8, 4) is 5.75 Å². The zero-order valence-corrected chi connectivity index (χ0v) is 14.9. The zero-order valence-electron chi connectivity index (χ0n) is 13.3. The number of aliphatic carboxylic acids is 1. The summed E-state index contributed by atoms with van der Waals surface area (Å²) in [5.74, 6) is -0.501. The number of nitrogens with zero attached hydrogens (tertiary/aromatic N) is 2. The van der Waals surface area contributed by atoms with Gasteiger partial charge in [0.25, 0.3) is 5.91 Å². The van der Waals surface area contributed by atoms with Crippen molar-refractivity contribution in [1.82, 2.24) is 9.88 Å². The van der Waals surface area contributed by atoms with E-state index < -0.39 is 5.97 Å². The highest BCUT2D eigenvalue weighted by atomic mass is 32.2. The number of fused-ring (bicyclic) bond motifs is 1. The van der Waals surface area contributed by atoms with Crippen molar-refractivity contribution < 1.29 is 19.4 Å². The minimum atomic E-state index is -0.968. The molecule has 6 nitrogen and oxygen atoms in total. The van der Waals surface area contributed by atoms with E-state index in [0.717, 1.165) is 28.4 Å². The lowest BCUT2D eigenvalue weighted by atomic mass is 10.2. The highest BCUT2D eigenvalue weighted by molar-refractivity contribution is 8.26. The third kappa shape index (κ3) is 3.80. The number of aromatic nitrogens is 1. The van der Waals surface area contributed by atoms with Crippen molar-refractivity contribution in [3.05, 3.63) is 40.9 Å². The van der Waals surface area contributed by atoms with E-state index in [1.54, 1.807) is 13.2 Å². The van der Waals surface area contributed by atoms with Gasteiger partial charge < -0.3 is 9.84 Å². The number of ether oxygens (including phenoxy) is 1. The molecule has 25 heavy (non-hydrogen) atoms. The fourth-order valence-electron chi connectivity index (χ4n) is 2.36. The molecule has 0 unspecified atom stereocenters. The Hall–Kier alpha value is -2.45. The third-order valence-corrected chi connectivity index (χ3v) is 5.00. The predicted octanol–water partition coefficient (Wildman–Crippen LogP) is 2.92. The molecule has 0 aliphatic carbocycles. The second-order valence-corrected chi connectivity index (χ2v) is 6.95. The van der Waals surface area contributed by atoms with Crippen molar-refractivity contribution in [2.45, 2.75) is 6.42 Å². The quantitative estimate of drug-likeness (QED) is 0.637. The summed E-state index contributed by atoms with van der Waals surface area (Å²) in [7, 11) is 1.61. The molecular formula is C17H14N2O4S2. The van der Waals surface area contributed by atoms with Crippen LogP contribution in [0.4, 0.5) is 0 Å². The fourth-order valence-corrected chi connectivity index (χ4v) is 3.65. The molecular weight excluding hydrogens is 360 g/mol. The highest BCUT2D eigenvalue weighted by Crippen LogP contribution is 2.32. The number of carboxylic acid groups (broad SMARTS) is 1. The summed E-state index contributed by atoms with van der Waals surface area (Å²) in [6, 6.07) is 9.28. The lowest BCUT2D eigenvalue weighted by Crippen LogP contribution is -2.30. The maximum atomic E-state index is 12.4. The summed E-state index contributed by atoms with van der Waals surface area (Å²) in [4.78, 5) is 29.4. The number of carboxylic acids is 1. The Bertz CT molecular complexity index is 911. The number of hydrogen-bond acceptors (Lipinski definition) is 6. The smallest absolute Gasteiger partial charge is 0.305 e. The summed E-state index contributed by atoms with van der Waals surface area (Å²) >= 11 is 6.32. The van der Waals surface area contributed by atoms with E-state index in [2.05, 4.69) is 4.98 Å². The largest absolute Gasteiger partial charge is 0.497 e. The fraction of sp³-hybridized carbons (Fsp3) is 0.176. The van der Waals surface area contributed by atoms with Crippen molar-refractivity contribution in [2.75, 3.05) is 13.7 Å². The molecule has 1 aliphatic rings. The van der Waals surface area contributed by atoms with E-state index in [1.807, 2.05) is 30.3 Å². The van der Waals surface area contributed by atoms with Crippen LogP contribution in [0.2, 0.25) is 0 Å². The van der Waals surface area contributed by atoms with Gasteiger partial charge in [-0.2, -0.15) is 0 Å². The van der Waals surface area contributed by atoms with Gasteiger partial charge in [0.1, 0.15) is 10.1 Å². The van der Waals surface area contributed by atoms with Crippen molar-refractivity contribution in [1.29, 1.82) is 0 Å². The number of carbonyl (C=O) groups is 2. The van der Waals surface area contributed by atoms with Crippen LogP contribution in [0.15, 0.2) is 35.2 Å². The number of pyridine rings is 1. The minimum absolute atomic E-state index is 0.0717. The van der Waals surface area contributed by atoms with Crippen LogP contribution in [0.25, 0.3) is 17.0 Å². The molecule has 1 fully saturated rings. The van der Waals surface area contributed by atoms with E-state index in [9.17, 15) is 9.59 Å². The Balaban J connectivity index is 1.85. The van der Waals surface area contributed by atoms with E-state index >= 15 is 0 Å². The van der Waals surface area contributed by atoms with E-state index in [-0.39, 0.29) is 18.9 Å². The van der Waals surface area contributed by atoms with Gasteiger partial charge in [-0.25, -0.2) is 4.98 Å². The number of methoxy groups -OCH3 is 1. The van der Waals surface area contributed by atoms with Crippen molar-refractivity contribution in [3.63, 3.8) is 0 Å². The van der Waals surface area contributed by atoms with E-state index in [4.69, 9.17) is 22.1 Å². The molecule has 0 bridgehead atoms. The van der Waals surface area contributed by atoms with Crippen molar-refractivity contribution in [2.24, 2.45) is 0 Å². The SMILES string of the molecule is COc1ccc2nc(/C=C3\SC(=S)N(CCC(=O)O)C3=O)ccc2c1. The Kier molecular flexibility index (Phi) is 5.00. The molecule has 0 atom stereocenters. The van der Waals surface area contributed by atoms with Crippen LogP contribution in [0, 0.1) is 0 Å². The first-order chi connectivity index (χ1) is 12.0. The monoisotopic (exact) mass is 374 g/mol. The molecule has 0 radical (unpaired) electrons. The second-order valence-electron chi connectivity index (χ2n) is 5.27. The van der Waals surface area contributed by atoms with Crippen LogP contribution in [0.3, 0.4) is 0 Å². The highest BCUT2D eigenvalue weighted by Gasteiger charge is 2.32. The third-order valence-electron chi connectivity index (χ3n) is 3.62. The Morgan fingerprint density at radius 3 is 2.92 bits per heavy atom. The summed E-state index contributed by atoms with van der Waals surface area (Å²) in [5, 5.41) is 9.70. The van der Waals surface area contributed by atoms with Crippen LogP contribution in [-0.4, -0.2) is 44.8 Å². The Morgan fingerprint density at radius 1 is 1.40 bits per heavy atom. The van der Waals surface area contributed by atoms with Crippen LogP contribution in [-0.2, 0) is 9.59 Å². The number of amides is 1. The second kappa shape index (κ2) is 7.20. The molecule has 0 saturated carbocycles. The van der Waals surface area contributed by atoms with Gasteiger partial charge in [0.2, 0.25) is 0 Å². The predicted molar refractivity (Wildman–Crippen MR) is 100 cm³/mol. The summed E-state index contributed by atoms with van der Waals surface area (Å²) in [5.41, 5.74) is 1.42. The molecule has 1 amide bonds. The van der Waals surface area contributed by atoms with Gasteiger partial charge in [0.15, 0.2) is 0 Å². The number of thiocarbonyl (C=S) groups is 1. The Morgan fingerprint density at radius 2 is 2.20 bits per heavy atom. The molecule has 2 heterocycles. The normalized spacial score (nSPS) is 16.0. The van der Waals surface area contributed by atoms with Gasteiger partial charge in [-0.3, -0.25) is 14.5 Å². The van der Waals surface area contributed by atoms with Gasteiger partial charge in [-0.1, -0.05) is 30.0 Å². The van der Waals surface area contributed by atoms with Gasteiger partial charge in [-0.15, -0.1) is 0 Å². The number of thioether (sulfide) groups is 1. The van der Waals surface area contributed by atoms with Crippen LogP contribution in [0.1, 0.15) is 12.1 Å². The maximum absolute atomic E-state index is 12.4. The van der Waals surface area contributed by atoms with Crippen LogP contribution >= 0.6 is 24.0 Å². The first kappa shape index (κ1) is 17.4. The van der Waals surface area contributed by atoms with Gasteiger partial charge in [-0.05, 0) is 30.3 Å². The van der Waals surface area contributed by atoms with Gasteiger partial charge in [0, 0.05) is 11.9 Å². The minimum Gasteiger partial charge on any atom is -0.497 e. The van der Waals surface area contributed by atoms with Gasteiger partial charge in [0.05, 0.1) is 29.6 Å². The molecule has 128 valence electrons. The molecule has 1 aromatic carbocycles. The molecule has 0 spiro atoms. The average Bonchev–Trinajstić information content (AvgIpc) is 2.86. The number of carbonyl (C=O) groups excluding carboxylic acids is 1. The number of benzene rings is 1. The summed E-state index contributed by atoms with van der Waals surface area (Å²) in [6.45, 7) is 0.0717. The topological polar surface area (TPSA) is 79.7 Å². The summed E-state index contributed by atoms with van der Waals surface area (Å²) < 4.78 is 5.55. The molecule has 1 N–H and O–H groups in total. The molecule has 1 aliphatic heterocycles. The van der Waals surface area contributed by atoms with E-state index in [1.165, 1.54) is 4.90 Å². The van der Waals surface area contributed by atoms with E-state index in [0.29, 0.717) is 14.9 Å². The van der Waals surface area contributed by atoms with Gasteiger partial charge >= 0.3 is 5.97 Å². The van der Waals surface area contributed by atoms with Crippen molar-refractivity contribution >= 4 is 57.2 Å². The average molecular weight is 374 g/mol. The first-order valence-electron chi connectivity index (χ1n) is 7.40. The van der Waals surface area contributed by atoms with Crippen LogP contribution in [0.5, 0.6) is 5.75 Å². The standard InChI is InChI=1S/C17H14N2O4S2/c1-23-12-4-5-13-10(8-12)2-3-11(18-13)9-14-16(22)19(17(24)25-14)7-6-15(20)21/h2-5,8-9H,6-7H2,1H3,(H,20,21)/b14-9-. The maximum Gasteiger partial charge on any atom is 0.305 e.